The average Bonchev–Trinajstić information content (AvgIpc) is 2.47. The molecule has 0 radical (unpaired) electrons. The topological polar surface area (TPSA) is 37.0 Å². The standard InChI is InChI=1S/C18H26ClN3/c1-5-20-9-7-18(3,4)12-22-16-6-8-21-17-11-15(19)13(2)10-14(16)17/h6,8,10-11,20H,5,7,9,12H2,1-4H3,(H,21,22). The number of anilines is 1. The predicted molar refractivity (Wildman–Crippen MR) is 96.9 cm³/mol. The molecule has 3 nitrogen and oxygen atoms in total. The molecule has 0 atom stereocenters. The van der Waals surface area contributed by atoms with E-state index in [0.29, 0.717) is 0 Å². The summed E-state index contributed by atoms with van der Waals surface area (Å²) in [6.07, 6.45) is 2.98. The summed E-state index contributed by atoms with van der Waals surface area (Å²) in [4.78, 5) is 4.41. The molecule has 0 unspecified atom stereocenters. The van der Waals surface area contributed by atoms with E-state index in [1.54, 1.807) is 0 Å². The van der Waals surface area contributed by atoms with Gasteiger partial charge in [-0.3, -0.25) is 4.98 Å². The van der Waals surface area contributed by atoms with Crippen LogP contribution in [0.5, 0.6) is 0 Å². The van der Waals surface area contributed by atoms with Crippen LogP contribution >= 0.6 is 11.6 Å². The van der Waals surface area contributed by atoms with Gasteiger partial charge in [-0.15, -0.1) is 0 Å². The molecule has 120 valence electrons. The highest BCUT2D eigenvalue weighted by atomic mass is 35.5. The van der Waals surface area contributed by atoms with Crippen molar-refractivity contribution in [3.63, 3.8) is 0 Å². The summed E-state index contributed by atoms with van der Waals surface area (Å²) in [5.74, 6) is 0. The van der Waals surface area contributed by atoms with Gasteiger partial charge in [0.05, 0.1) is 5.52 Å². The zero-order chi connectivity index (χ0) is 16.2. The fraction of sp³-hybridized carbons (Fsp3) is 0.500. The molecule has 0 aliphatic heterocycles. The number of fused-ring (bicyclic) bond motifs is 1. The Morgan fingerprint density at radius 2 is 2.05 bits per heavy atom. The number of hydrogen-bond acceptors (Lipinski definition) is 3. The highest BCUT2D eigenvalue weighted by Gasteiger charge is 2.17. The molecular formula is C18H26ClN3. The molecule has 0 saturated carbocycles. The number of pyridine rings is 1. The summed E-state index contributed by atoms with van der Waals surface area (Å²) in [6, 6.07) is 6.09. The molecule has 2 aromatic rings. The third-order valence-corrected chi connectivity index (χ3v) is 4.42. The van der Waals surface area contributed by atoms with Gasteiger partial charge in [0.2, 0.25) is 0 Å². The molecule has 1 heterocycles. The van der Waals surface area contributed by atoms with E-state index < -0.39 is 0 Å². The Kier molecular flexibility index (Phi) is 5.65. The zero-order valence-corrected chi connectivity index (χ0v) is 14.7. The van der Waals surface area contributed by atoms with Crippen LogP contribution in [0.2, 0.25) is 5.02 Å². The second kappa shape index (κ2) is 7.30. The van der Waals surface area contributed by atoms with Crippen molar-refractivity contribution in [2.24, 2.45) is 5.41 Å². The van der Waals surface area contributed by atoms with Crippen LogP contribution in [-0.2, 0) is 0 Å². The van der Waals surface area contributed by atoms with Gasteiger partial charge in [0.15, 0.2) is 0 Å². The molecule has 0 aliphatic rings. The van der Waals surface area contributed by atoms with Crippen molar-refractivity contribution in [3.8, 4) is 0 Å². The van der Waals surface area contributed by atoms with E-state index in [4.69, 9.17) is 11.6 Å². The Morgan fingerprint density at radius 3 is 2.77 bits per heavy atom. The molecular weight excluding hydrogens is 294 g/mol. The lowest BCUT2D eigenvalue weighted by molar-refractivity contribution is 0.351. The highest BCUT2D eigenvalue weighted by molar-refractivity contribution is 6.32. The minimum Gasteiger partial charge on any atom is -0.384 e. The van der Waals surface area contributed by atoms with Gasteiger partial charge in [-0.05, 0) is 55.6 Å². The highest BCUT2D eigenvalue weighted by Crippen LogP contribution is 2.29. The molecule has 0 bridgehead atoms. The maximum absolute atomic E-state index is 6.19. The zero-order valence-electron chi connectivity index (χ0n) is 14.0. The number of nitrogens with one attached hydrogen (secondary N) is 2. The molecule has 0 fully saturated rings. The van der Waals surface area contributed by atoms with Crippen LogP contribution in [0.4, 0.5) is 5.69 Å². The normalized spacial score (nSPS) is 11.9. The Bertz CT molecular complexity index is 638. The summed E-state index contributed by atoms with van der Waals surface area (Å²) >= 11 is 6.19. The lowest BCUT2D eigenvalue weighted by atomic mass is 9.89. The van der Waals surface area contributed by atoms with E-state index in [1.165, 1.54) is 0 Å². The number of aromatic nitrogens is 1. The lowest BCUT2D eigenvalue weighted by Crippen LogP contribution is -2.28. The Hall–Kier alpha value is -1.32. The van der Waals surface area contributed by atoms with Gasteiger partial charge in [0, 0.05) is 28.8 Å². The smallest absolute Gasteiger partial charge is 0.0737 e. The molecule has 0 spiro atoms. The van der Waals surface area contributed by atoms with Crippen molar-refractivity contribution in [2.45, 2.75) is 34.1 Å². The van der Waals surface area contributed by atoms with Crippen molar-refractivity contribution in [1.82, 2.24) is 10.3 Å². The largest absolute Gasteiger partial charge is 0.384 e. The molecule has 1 aromatic heterocycles. The van der Waals surface area contributed by atoms with Crippen molar-refractivity contribution in [1.29, 1.82) is 0 Å². The monoisotopic (exact) mass is 319 g/mol. The minimum absolute atomic E-state index is 0.235. The summed E-state index contributed by atoms with van der Waals surface area (Å²) in [5.41, 5.74) is 3.38. The van der Waals surface area contributed by atoms with Crippen molar-refractivity contribution >= 4 is 28.2 Å². The first-order valence-corrected chi connectivity index (χ1v) is 8.30. The number of benzene rings is 1. The van der Waals surface area contributed by atoms with Crippen LogP contribution in [0.25, 0.3) is 10.9 Å². The van der Waals surface area contributed by atoms with E-state index in [2.05, 4.69) is 42.5 Å². The van der Waals surface area contributed by atoms with E-state index in [9.17, 15) is 0 Å². The first-order chi connectivity index (χ1) is 10.4. The summed E-state index contributed by atoms with van der Waals surface area (Å²) in [5, 5.41) is 8.88. The van der Waals surface area contributed by atoms with Gasteiger partial charge in [-0.1, -0.05) is 32.4 Å². The SMILES string of the molecule is CCNCCC(C)(C)CNc1ccnc2cc(Cl)c(C)cc12. The first-order valence-electron chi connectivity index (χ1n) is 7.92. The number of aryl methyl sites for hydroxylation is 1. The average molecular weight is 320 g/mol. The maximum Gasteiger partial charge on any atom is 0.0737 e. The van der Waals surface area contributed by atoms with E-state index in [-0.39, 0.29) is 5.41 Å². The van der Waals surface area contributed by atoms with Crippen LogP contribution in [0.1, 0.15) is 32.8 Å². The molecule has 0 aliphatic carbocycles. The molecule has 22 heavy (non-hydrogen) atoms. The molecule has 2 rings (SSSR count). The Balaban J connectivity index is 2.13. The predicted octanol–water partition coefficient (Wildman–Crippen LogP) is 4.63. The Morgan fingerprint density at radius 1 is 1.27 bits per heavy atom. The number of halogens is 1. The number of nitrogens with zero attached hydrogens (tertiary/aromatic N) is 1. The summed E-state index contributed by atoms with van der Waals surface area (Å²) in [6.45, 7) is 11.8. The fourth-order valence-corrected chi connectivity index (χ4v) is 2.61. The van der Waals surface area contributed by atoms with E-state index in [0.717, 1.165) is 53.2 Å². The first kappa shape index (κ1) is 17.0. The van der Waals surface area contributed by atoms with E-state index >= 15 is 0 Å². The second-order valence-electron chi connectivity index (χ2n) is 6.60. The van der Waals surface area contributed by atoms with E-state index in [1.807, 2.05) is 25.3 Å². The summed E-state index contributed by atoms with van der Waals surface area (Å²) in [7, 11) is 0. The van der Waals surface area contributed by atoms with Gasteiger partial charge in [-0.2, -0.15) is 0 Å². The number of rotatable bonds is 7. The van der Waals surface area contributed by atoms with Crippen molar-refractivity contribution in [3.05, 3.63) is 35.0 Å². The molecule has 1 aromatic carbocycles. The van der Waals surface area contributed by atoms with Crippen molar-refractivity contribution in [2.75, 3.05) is 25.0 Å². The molecule has 4 heteroatoms. The van der Waals surface area contributed by atoms with Gasteiger partial charge in [0.1, 0.15) is 0 Å². The molecule has 0 amide bonds. The van der Waals surface area contributed by atoms with Gasteiger partial charge < -0.3 is 10.6 Å². The van der Waals surface area contributed by atoms with Gasteiger partial charge >= 0.3 is 0 Å². The van der Waals surface area contributed by atoms with Gasteiger partial charge in [-0.25, -0.2) is 0 Å². The van der Waals surface area contributed by atoms with Crippen LogP contribution in [0, 0.1) is 12.3 Å². The maximum atomic E-state index is 6.19. The minimum atomic E-state index is 0.235. The quantitative estimate of drug-likeness (QED) is 0.730. The Labute approximate surface area is 138 Å². The number of hydrogen-bond donors (Lipinski definition) is 2. The fourth-order valence-electron chi connectivity index (χ4n) is 2.46. The lowest BCUT2D eigenvalue weighted by Gasteiger charge is -2.26. The second-order valence-corrected chi connectivity index (χ2v) is 7.01. The third-order valence-electron chi connectivity index (χ3n) is 4.01. The molecule has 0 saturated heterocycles. The summed E-state index contributed by atoms with van der Waals surface area (Å²) < 4.78 is 0. The third kappa shape index (κ3) is 4.34. The van der Waals surface area contributed by atoms with Crippen LogP contribution < -0.4 is 10.6 Å². The van der Waals surface area contributed by atoms with Crippen molar-refractivity contribution < 1.29 is 0 Å². The van der Waals surface area contributed by atoms with Gasteiger partial charge in [0.25, 0.3) is 0 Å². The van der Waals surface area contributed by atoms with Crippen LogP contribution in [0.15, 0.2) is 24.4 Å². The van der Waals surface area contributed by atoms with Crippen LogP contribution in [-0.4, -0.2) is 24.6 Å². The molecule has 2 N–H and O–H groups in total. The van der Waals surface area contributed by atoms with Crippen LogP contribution in [0.3, 0.4) is 0 Å².